The summed E-state index contributed by atoms with van der Waals surface area (Å²) in [6.45, 7) is 3.60. The Morgan fingerprint density at radius 3 is 2.76 bits per heavy atom. The summed E-state index contributed by atoms with van der Waals surface area (Å²) in [6, 6.07) is 7.75. The van der Waals surface area contributed by atoms with E-state index >= 15 is 0 Å². The Labute approximate surface area is 193 Å². The van der Waals surface area contributed by atoms with E-state index in [4.69, 9.17) is 9.72 Å². The Morgan fingerprint density at radius 2 is 2.06 bits per heavy atom. The molecule has 5 rings (SSSR count). The fourth-order valence-corrected chi connectivity index (χ4v) is 5.68. The van der Waals surface area contributed by atoms with Gasteiger partial charge in [-0.15, -0.1) is 11.3 Å². The normalized spacial score (nSPS) is 27.9. The third kappa shape index (κ3) is 3.61. The van der Waals surface area contributed by atoms with Gasteiger partial charge in [0.05, 0.1) is 34.1 Å². The molecule has 0 saturated heterocycles. The largest absolute Gasteiger partial charge is 0.464 e. The highest BCUT2D eigenvalue weighted by atomic mass is 32.1. The molecule has 1 aromatic carbocycles. The second kappa shape index (κ2) is 7.87. The molecule has 2 heterocycles. The molecule has 2 aliphatic carbocycles. The number of aliphatic hydroxyl groups is 3. The number of hydrogen-bond acceptors (Lipinski definition) is 11. The number of benzene rings is 1. The Morgan fingerprint density at radius 1 is 1.27 bits per heavy atom. The molecule has 0 bridgehead atoms. The Kier molecular flexibility index (Phi) is 5.24. The monoisotopic (exact) mass is 471 g/mol. The third-order valence-electron chi connectivity index (χ3n) is 6.38. The minimum Gasteiger partial charge on any atom is -0.464 e. The maximum atomic E-state index is 11.3. The highest BCUT2D eigenvalue weighted by Gasteiger charge is 2.78. The molecule has 11 heteroatoms. The van der Waals surface area contributed by atoms with E-state index in [1.807, 2.05) is 31.2 Å². The van der Waals surface area contributed by atoms with Crippen LogP contribution in [0.2, 0.25) is 0 Å². The van der Waals surface area contributed by atoms with E-state index in [0.717, 1.165) is 10.2 Å². The highest BCUT2D eigenvalue weighted by Crippen LogP contribution is 2.61. The fraction of sp³-hybridized carbons (Fsp3) is 0.455. The molecule has 10 nitrogen and oxygen atoms in total. The number of aryl methyl sites for hydroxylation is 1. The Bertz CT molecular complexity index is 1200. The van der Waals surface area contributed by atoms with Crippen LogP contribution in [-0.4, -0.2) is 66.8 Å². The summed E-state index contributed by atoms with van der Waals surface area (Å²) in [5.74, 6) is -0.178. The van der Waals surface area contributed by atoms with Crippen LogP contribution < -0.4 is 10.6 Å². The van der Waals surface area contributed by atoms with Crippen LogP contribution in [0.5, 0.6) is 0 Å². The average Bonchev–Trinajstić information content (AvgIpc) is 3.04. The summed E-state index contributed by atoms with van der Waals surface area (Å²) in [5.41, 5.74) is -1.31. The minimum atomic E-state index is -1.74. The summed E-state index contributed by atoms with van der Waals surface area (Å²) in [4.78, 5) is 24.8. The lowest BCUT2D eigenvalue weighted by Crippen LogP contribution is -2.51. The van der Waals surface area contributed by atoms with Crippen molar-refractivity contribution in [2.45, 2.75) is 44.1 Å². The Hall–Kier alpha value is -2.86. The molecule has 0 aliphatic heterocycles. The van der Waals surface area contributed by atoms with Crippen molar-refractivity contribution in [3.05, 3.63) is 30.0 Å². The number of ether oxygens (including phenoxy) is 1. The lowest BCUT2D eigenvalue weighted by Gasteiger charge is -2.32. The molecule has 4 atom stereocenters. The molecule has 5 N–H and O–H groups in total. The van der Waals surface area contributed by atoms with Gasteiger partial charge in [0.2, 0.25) is 5.95 Å². The summed E-state index contributed by atoms with van der Waals surface area (Å²) < 4.78 is 5.93. The quantitative estimate of drug-likeness (QED) is 0.196. The van der Waals surface area contributed by atoms with Gasteiger partial charge in [0.15, 0.2) is 5.72 Å². The van der Waals surface area contributed by atoms with Crippen LogP contribution in [0.1, 0.15) is 25.5 Å². The zero-order valence-electron chi connectivity index (χ0n) is 18.2. The van der Waals surface area contributed by atoms with Crippen molar-refractivity contribution in [3.8, 4) is 10.6 Å². The highest BCUT2D eigenvalue weighted by molar-refractivity contribution is 7.21. The zero-order chi connectivity index (χ0) is 23.4. The van der Waals surface area contributed by atoms with Crippen LogP contribution in [0.3, 0.4) is 0 Å². The van der Waals surface area contributed by atoms with E-state index in [-0.39, 0.29) is 30.9 Å². The molecule has 2 saturated carbocycles. The van der Waals surface area contributed by atoms with Crippen LogP contribution in [0, 0.1) is 12.8 Å². The first-order chi connectivity index (χ1) is 15.7. The first kappa shape index (κ1) is 22.0. The van der Waals surface area contributed by atoms with Crippen LogP contribution in [0.4, 0.5) is 11.8 Å². The van der Waals surface area contributed by atoms with Crippen LogP contribution in [0.15, 0.2) is 24.3 Å². The van der Waals surface area contributed by atoms with Crippen LogP contribution in [0.25, 0.3) is 20.8 Å². The minimum absolute atomic E-state index is 0.150. The van der Waals surface area contributed by atoms with Gasteiger partial charge in [-0.05, 0) is 31.9 Å². The average molecular weight is 472 g/mol. The molecule has 0 radical (unpaired) electrons. The maximum absolute atomic E-state index is 11.3. The van der Waals surface area contributed by atoms with Crippen LogP contribution >= 0.6 is 11.3 Å². The molecule has 3 aromatic rings. The van der Waals surface area contributed by atoms with E-state index in [2.05, 4.69) is 20.6 Å². The molecule has 4 unspecified atom stereocenters. The number of esters is 1. The maximum Gasteiger partial charge on any atom is 0.302 e. The second-order valence-electron chi connectivity index (χ2n) is 8.51. The number of carbonyl (C=O) groups excluding carboxylic acids is 1. The van der Waals surface area contributed by atoms with E-state index < -0.39 is 17.4 Å². The van der Waals surface area contributed by atoms with Crippen molar-refractivity contribution < 1.29 is 24.9 Å². The number of nitrogens with one attached hydrogen (secondary N) is 2. The molecule has 174 valence electrons. The predicted molar refractivity (Wildman–Crippen MR) is 123 cm³/mol. The van der Waals surface area contributed by atoms with Gasteiger partial charge >= 0.3 is 5.97 Å². The van der Waals surface area contributed by atoms with Gasteiger partial charge in [-0.2, -0.15) is 4.98 Å². The number of rotatable bonds is 7. The summed E-state index contributed by atoms with van der Waals surface area (Å²) in [5, 5.41) is 39.0. The number of aromatic nitrogens is 3. The smallest absolute Gasteiger partial charge is 0.302 e. The predicted octanol–water partition coefficient (Wildman–Crippen LogP) is 1.65. The first-order valence-electron chi connectivity index (χ1n) is 10.8. The molecule has 2 fully saturated rings. The SMILES string of the molecule is CC(=O)OCCNc1nc(C)c(-c2nc3ccccc3s2)c(NC2(O)CCC3C(O)C32O)n1. The van der Waals surface area contributed by atoms with Gasteiger partial charge in [-0.3, -0.25) is 4.79 Å². The summed E-state index contributed by atoms with van der Waals surface area (Å²) in [6.07, 6.45) is -0.225. The lowest BCUT2D eigenvalue weighted by atomic mass is 10.0. The zero-order valence-corrected chi connectivity index (χ0v) is 19.0. The van der Waals surface area contributed by atoms with Gasteiger partial charge < -0.3 is 30.7 Å². The summed E-state index contributed by atoms with van der Waals surface area (Å²) in [7, 11) is 0. The van der Waals surface area contributed by atoms with Crippen molar-refractivity contribution >= 4 is 39.3 Å². The first-order valence-corrected chi connectivity index (χ1v) is 11.6. The van der Waals surface area contributed by atoms with Crippen LogP contribution in [-0.2, 0) is 9.53 Å². The number of carbonyl (C=O) groups is 1. The summed E-state index contributed by atoms with van der Waals surface area (Å²) >= 11 is 1.47. The molecule has 0 amide bonds. The standard InChI is InChI=1S/C22H25N5O5S/c1-11-16(19-25-14-5-3-4-6-15(14)33-19)18(26-20(24-11)23-9-10-32-12(2)28)27-21(30)8-7-13-17(29)22(13,21)31/h3-6,13,17,29-31H,7-10H2,1-2H3,(H2,23,24,26,27). The topological polar surface area (TPSA) is 150 Å². The molecule has 2 aromatic heterocycles. The van der Waals surface area contributed by atoms with Crippen molar-refractivity contribution in [1.29, 1.82) is 0 Å². The van der Waals surface area contributed by atoms with E-state index in [0.29, 0.717) is 35.0 Å². The van der Waals surface area contributed by atoms with Crippen molar-refractivity contribution in [2.75, 3.05) is 23.8 Å². The molecular weight excluding hydrogens is 446 g/mol. The number of para-hydroxylation sites is 1. The third-order valence-corrected chi connectivity index (χ3v) is 7.44. The Balaban J connectivity index is 1.52. The van der Waals surface area contributed by atoms with Gasteiger partial charge in [0.1, 0.15) is 23.0 Å². The number of anilines is 2. The van der Waals surface area contributed by atoms with E-state index in [1.54, 1.807) is 0 Å². The van der Waals surface area contributed by atoms with Gasteiger partial charge in [0.25, 0.3) is 0 Å². The van der Waals surface area contributed by atoms with Crippen molar-refractivity contribution in [2.24, 2.45) is 5.92 Å². The van der Waals surface area contributed by atoms with Gasteiger partial charge in [-0.25, -0.2) is 9.97 Å². The van der Waals surface area contributed by atoms with E-state index in [9.17, 15) is 20.1 Å². The van der Waals surface area contributed by atoms with Gasteiger partial charge in [-0.1, -0.05) is 12.1 Å². The number of hydrogen-bond donors (Lipinski definition) is 5. The number of fused-ring (bicyclic) bond motifs is 2. The number of thiazole rings is 1. The van der Waals surface area contributed by atoms with Crippen molar-refractivity contribution in [1.82, 2.24) is 15.0 Å². The number of aliphatic hydroxyl groups excluding tert-OH is 1. The second-order valence-corrected chi connectivity index (χ2v) is 9.54. The molecule has 2 aliphatic rings. The van der Waals surface area contributed by atoms with Crippen molar-refractivity contribution in [3.63, 3.8) is 0 Å². The van der Waals surface area contributed by atoms with Gasteiger partial charge in [0, 0.05) is 12.8 Å². The molecule has 0 spiro atoms. The lowest BCUT2D eigenvalue weighted by molar-refractivity contribution is -0.140. The molecular formula is C22H25N5O5S. The fourth-order valence-electron chi connectivity index (χ4n) is 4.61. The van der Waals surface area contributed by atoms with E-state index in [1.165, 1.54) is 18.3 Å². The number of nitrogens with zero attached hydrogens (tertiary/aromatic N) is 3. The molecule has 33 heavy (non-hydrogen) atoms.